The van der Waals surface area contributed by atoms with Crippen LogP contribution < -0.4 is 14.9 Å². The van der Waals surface area contributed by atoms with Crippen LogP contribution in [0.5, 0.6) is 11.5 Å². The number of rotatable bonds is 2. The van der Waals surface area contributed by atoms with Crippen LogP contribution in [-0.2, 0) is 6.54 Å². The van der Waals surface area contributed by atoms with E-state index in [4.69, 9.17) is 14.6 Å². The molecule has 1 aliphatic rings. The normalized spacial score (nSPS) is 12.2. The fourth-order valence-corrected chi connectivity index (χ4v) is 2.19. The van der Waals surface area contributed by atoms with Crippen LogP contribution in [-0.4, -0.2) is 60.2 Å². The molecule has 20 heavy (non-hydrogen) atoms. The number of fused-ring (bicyclic) bond motifs is 2. The Morgan fingerprint density at radius 2 is 2.05 bits per heavy atom. The first-order valence-electron chi connectivity index (χ1n) is 5.82. The summed E-state index contributed by atoms with van der Waals surface area (Å²) in [6.07, 6.45) is 1.36. The Morgan fingerprint density at radius 1 is 1.40 bits per heavy atom. The first-order valence-corrected chi connectivity index (χ1v) is 5.82. The van der Waals surface area contributed by atoms with Crippen LogP contribution in [0.3, 0.4) is 0 Å². The standard InChI is InChI=1S/C13H11NO5.Ca.2H/c1-2-14-5-8(13(16)17)12(15)7-3-10-11(4-9(7)14)19-6-18-10;;;/h3-5H,2,6H2,1H3,(H,16,17);;;/q;+2;2*-1. The molecule has 3 rings (SSSR count). The zero-order chi connectivity index (χ0) is 13.6. The number of benzene rings is 1. The van der Waals surface area contributed by atoms with Gasteiger partial charge in [-0.1, -0.05) is 0 Å². The van der Waals surface area contributed by atoms with Crippen molar-refractivity contribution in [1.29, 1.82) is 0 Å². The number of aromatic nitrogens is 1. The van der Waals surface area contributed by atoms with E-state index in [1.807, 2.05) is 6.92 Å². The smallest absolute Gasteiger partial charge is 1.00 e. The number of nitrogens with zero attached hydrogens (tertiary/aromatic N) is 1. The largest absolute Gasteiger partial charge is 2.00 e. The molecule has 0 radical (unpaired) electrons. The van der Waals surface area contributed by atoms with Crippen LogP contribution in [0.1, 0.15) is 20.1 Å². The summed E-state index contributed by atoms with van der Waals surface area (Å²) in [5.41, 5.74) is -0.111. The summed E-state index contributed by atoms with van der Waals surface area (Å²) in [5, 5.41) is 9.39. The number of aromatic carboxylic acids is 1. The first kappa shape index (κ1) is 15.2. The Labute approximate surface area is 146 Å². The molecule has 1 aliphatic heterocycles. The second-order valence-electron chi connectivity index (χ2n) is 4.19. The van der Waals surface area contributed by atoms with E-state index in [1.54, 1.807) is 16.7 Å². The molecule has 0 aliphatic carbocycles. The molecule has 0 fully saturated rings. The third-order valence-corrected chi connectivity index (χ3v) is 3.15. The molecule has 0 atom stereocenters. The molecule has 0 saturated carbocycles. The molecule has 0 bridgehead atoms. The molecular formula is C13H13CaNO5. The van der Waals surface area contributed by atoms with E-state index in [2.05, 4.69) is 0 Å². The summed E-state index contributed by atoms with van der Waals surface area (Å²) in [6.45, 7) is 2.54. The molecular weight excluding hydrogens is 290 g/mol. The van der Waals surface area contributed by atoms with Gasteiger partial charge in [0.05, 0.1) is 10.9 Å². The molecule has 1 N–H and O–H groups in total. The number of hydrogen-bond acceptors (Lipinski definition) is 4. The van der Waals surface area contributed by atoms with Crippen LogP contribution in [0.15, 0.2) is 23.1 Å². The number of aryl methyl sites for hydroxylation is 1. The van der Waals surface area contributed by atoms with Crippen LogP contribution in [0.25, 0.3) is 10.9 Å². The molecule has 0 spiro atoms. The molecule has 1 aromatic heterocycles. The Morgan fingerprint density at radius 3 is 2.65 bits per heavy atom. The Hall–Kier alpha value is -1.24. The van der Waals surface area contributed by atoms with Crippen molar-refractivity contribution in [3.63, 3.8) is 0 Å². The van der Waals surface area contributed by atoms with Crippen LogP contribution in [0.4, 0.5) is 0 Å². The van der Waals surface area contributed by atoms with Crippen molar-refractivity contribution in [3.05, 3.63) is 34.1 Å². The zero-order valence-electron chi connectivity index (χ0n) is 12.9. The monoisotopic (exact) mass is 303 g/mol. The van der Waals surface area contributed by atoms with Crippen molar-refractivity contribution in [3.8, 4) is 11.5 Å². The van der Waals surface area contributed by atoms with Gasteiger partial charge in [-0.05, 0) is 13.0 Å². The average molecular weight is 303 g/mol. The molecule has 2 aromatic rings. The van der Waals surface area contributed by atoms with E-state index in [0.717, 1.165) is 0 Å². The summed E-state index contributed by atoms with van der Waals surface area (Å²) in [6, 6.07) is 3.24. The van der Waals surface area contributed by atoms with Crippen molar-refractivity contribution in [2.45, 2.75) is 13.5 Å². The third-order valence-electron chi connectivity index (χ3n) is 3.15. The first-order chi connectivity index (χ1) is 9.11. The van der Waals surface area contributed by atoms with E-state index in [-0.39, 0.29) is 52.9 Å². The zero-order valence-corrected chi connectivity index (χ0v) is 13.1. The molecule has 0 saturated heterocycles. The second kappa shape index (κ2) is 5.63. The van der Waals surface area contributed by atoms with Crippen molar-refractivity contribution in [2.75, 3.05) is 6.79 Å². The van der Waals surface area contributed by atoms with Gasteiger partial charge in [-0.2, -0.15) is 0 Å². The van der Waals surface area contributed by atoms with Crippen molar-refractivity contribution in [2.24, 2.45) is 0 Å². The summed E-state index contributed by atoms with van der Waals surface area (Å²) in [5.74, 6) is -0.196. The number of hydrogen-bond donors (Lipinski definition) is 1. The molecule has 1 aromatic carbocycles. The number of carbonyl (C=O) groups is 1. The minimum Gasteiger partial charge on any atom is -1.00 e. The Balaban J connectivity index is 0.00000147. The van der Waals surface area contributed by atoms with Crippen molar-refractivity contribution < 1.29 is 22.2 Å². The number of pyridine rings is 1. The minimum atomic E-state index is -1.23. The summed E-state index contributed by atoms with van der Waals surface area (Å²) < 4.78 is 12.2. The maximum atomic E-state index is 12.1. The van der Waals surface area contributed by atoms with E-state index < -0.39 is 11.4 Å². The van der Waals surface area contributed by atoms with Crippen LogP contribution in [0.2, 0.25) is 0 Å². The van der Waals surface area contributed by atoms with Gasteiger partial charge in [-0.3, -0.25) is 4.79 Å². The predicted octanol–water partition coefficient (Wildman–Crippen LogP) is 1.29. The van der Waals surface area contributed by atoms with Gasteiger partial charge >= 0.3 is 43.7 Å². The fraction of sp³-hybridized carbons (Fsp3) is 0.231. The van der Waals surface area contributed by atoms with Gasteiger partial charge in [0.25, 0.3) is 0 Å². The van der Waals surface area contributed by atoms with Gasteiger partial charge in [0.2, 0.25) is 12.2 Å². The SMILES string of the molecule is CCn1cc(C(=O)O)c(=O)c2cc3c(cc21)OCO3.[Ca+2].[H-].[H-]. The second-order valence-corrected chi connectivity index (χ2v) is 4.19. The van der Waals surface area contributed by atoms with Gasteiger partial charge in [-0.15, -0.1) is 0 Å². The number of carboxylic acid groups (broad SMARTS) is 1. The van der Waals surface area contributed by atoms with E-state index in [0.29, 0.717) is 28.9 Å². The molecule has 0 amide bonds. The maximum Gasteiger partial charge on any atom is 2.00 e. The molecule has 0 unspecified atom stereocenters. The summed E-state index contributed by atoms with van der Waals surface area (Å²) in [4.78, 5) is 23.2. The molecule has 6 nitrogen and oxygen atoms in total. The van der Waals surface area contributed by atoms with Gasteiger partial charge in [0.1, 0.15) is 5.56 Å². The maximum absolute atomic E-state index is 12.1. The fourth-order valence-electron chi connectivity index (χ4n) is 2.19. The van der Waals surface area contributed by atoms with E-state index >= 15 is 0 Å². The minimum absolute atomic E-state index is 0. The van der Waals surface area contributed by atoms with E-state index in [1.165, 1.54) is 6.20 Å². The Bertz CT molecular complexity index is 762. The van der Waals surface area contributed by atoms with Crippen LogP contribution >= 0.6 is 0 Å². The summed E-state index contributed by atoms with van der Waals surface area (Å²) in [7, 11) is 0. The van der Waals surface area contributed by atoms with Gasteiger partial charge in [0, 0.05) is 18.8 Å². The number of carboxylic acids is 1. The quantitative estimate of drug-likeness (QED) is 0.846. The average Bonchev–Trinajstić information content (AvgIpc) is 2.84. The van der Waals surface area contributed by atoms with Gasteiger partial charge < -0.3 is 22.0 Å². The molecule has 7 heteroatoms. The topological polar surface area (TPSA) is 77.8 Å². The van der Waals surface area contributed by atoms with Gasteiger partial charge in [0.15, 0.2) is 11.5 Å². The molecule has 2 heterocycles. The van der Waals surface area contributed by atoms with Crippen LogP contribution in [0, 0.1) is 0 Å². The Kier molecular flexibility index (Phi) is 4.27. The predicted molar refractivity (Wildman–Crippen MR) is 74.9 cm³/mol. The number of ether oxygens (including phenoxy) is 2. The van der Waals surface area contributed by atoms with E-state index in [9.17, 15) is 9.59 Å². The third kappa shape index (κ3) is 2.28. The summed E-state index contributed by atoms with van der Waals surface area (Å²) >= 11 is 0. The molecule has 102 valence electrons. The van der Waals surface area contributed by atoms with Crippen molar-refractivity contribution >= 4 is 54.6 Å². The van der Waals surface area contributed by atoms with Crippen molar-refractivity contribution in [1.82, 2.24) is 4.57 Å². The van der Waals surface area contributed by atoms with Gasteiger partial charge in [-0.25, -0.2) is 4.79 Å².